The van der Waals surface area contributed by atoms with Gasteiger partial charge in [-0.05, 0) is 85.9 Å². The van der Waals surface area contributed by atoms with Gasteiger partial charge in [0.25, 0.3) is 5.91 Å². The van der Waals surface area contributed by atoms with Crippen molar-refractivity contribution in [2.45, 2.75) is 36.9 Å². The highest BCUT2D eigenvalue weighted by atomic mass is 35.5. The zero-order chi connectivity index (χ0) is 25.7. The van der Waals surface area contributed by atoms with Gasteiger partial charge in [-0.1, -0.05) is 29.8 Å². The third kappa shape index (κ3) is 4.16. The number of alkyl halides is 3. The van der Waals surface area contributed by atoms with Crippen molar-refractivity contribution in [3.63, 3.8) is 0 Å². The molecule has 0 radical (unpaired) electrons. The molecule has 36 heavy (non-hydrogen) atoms. The Kier molecular flexibility index (Phi) is 6.29. The van der Waals surface area contributed by atoms with E-state index < -0.39 is 46.3 Å². The molecular weight excluding hydrogens is 499 g/mol. The fraction of sp³-hybridized carbons (Fsp3) is 0.296. The molecule has 1 saturated heterocycles. The molecule has 2 aliphatic rings. The van der Waals surface area contributed by atoms with Crippen LogP contribution in [0.4, 0.5) is 27.6 Å². The number of fused-ring (bicyclic) bond motifs is 2. The summed E-state index contributed by atoms with van der Waals surface area (Å²) in [6.45, 7) is 1.32. The molecule has 2 aliphatic heterocycles. The number of carbonyl (C=O) groups is 1. The Bertz CT molecular complexity index is 1300. The highest BCUT2D eigenvalue weighted by Gasteiger charge is 2.53. The molecule has 1 spiro atoms. The van der Waals surface area contributed by atoms with Crippen molar-refractivity contribution in [1.29, 1.82) is 0 Å². The monoisotopic (exact) mass is 520 g/mol. The number of nitrogens with one attached hydrogen (secondary N) is 1. The number of piperidine rings is 1. The van der Waals surface area contributed by atoms with Crippen LogP contribution in [0.5, 0.6) is 0 Å². The van der Waals surface area contributed by atoms with Gasteiger partial charge in [-0.15, -0.1) is 0 Å². The number of halogens is 6. The molecule has 0 unspecified atom stereocenters. The molecule has 1 fully saturated rings. The van der Waals surface area contributed by atoms with Crippen LogP contribution in [-0.4, -0.2) is 25.0 Å². The SMILES string of the molecule is O=C(c1cccc(F)c1F)N1c2ccc(Cl)cc2C2(CCNCC2)[C@H]1Cc1ccc(C(F)(F)F)cc1. The van der Waals surface area contributed by atoms with Crippen molar-refractivity contribution in [1.82, 2.24) is 5.32 Å². The summed E-state index contributed by atoms with van der Waals surface area (Å²) in [4.78, 5) is 15.3. The number of carbonyl (C=O) groups excluding carboxylic acids is 1. The average molecular weight is 521 g/mol. The lowest BCUT2D eigenvalue weighted by Gasteiger charge is -2.42. The van der Waals surface area contributed by atoms with Gasteiger partial charge < -0.3 is 10.2 Å². The summed E-state index contributed by atoms with van der Waals surface area (Å²) >= 11 is 6.35. The quantitative estimate of drug-likeness (QED) is 0.398. The molecule has 3 aromatic rings. The maximum Gasteiger partial charge on any atom is 0.416 e. The smallest absolute Gasteiger partial charge is 0.317 e. The van der Waals surface area contributed by atoms with E-state index in [9.17, 15) is 26.7 Å². The number of rotatable bonds is 3. The molecule has 1 amide bonds. The summed E-state index contributed by atoms with van der Waals surface area (Å²) in [5.41, 5.74) is 0.249. The molecule has 9 heteroatoms. The number of hydrogen-bond acceptors (Lipinski definition) is 2. The second-order valence-electron chi connectivity index (χ2n) is 9.26. The molecule has 0 aromatic heterocycles. The van der Waals surface area contributed by atoms with Crippen molar-refractivity contribution < 1.29 is 26.7 Å². The number of benzene rings is 3. The van der Waals surface area contributed by atoms with Gasteiger partial charge in [0.2, 0.25) is 0 Å². The van der Waals surface area contributed by atoms with Crippen molar-refractivity contribution in [2.75, 3.05) is 18.0 Å². The molecule has 2 heterocycles. The molecule has 188 valence electrons. The van der Waals surface area contributed by atoms with Crippen LogP contribution in [0.15, 0.2) is 60.7 Å². The summed E-state index contributed by atoms with van der Waals surface area (Å²) in [7, 11) is 0. The minimum atomic E-state index is -4.47. The highest BCUT2D eigenvalue weighted by molar-refractivity contribution is 6.30. The van der Waals surface area contributed by atoms with Crippen LogP contribution in [-0.2, 0) is 18.0 Å². The van der Waals surface area contributed by atoms with E-state index >= 15 is 0 Å². The Morgan fingerprint density at radius 1 is 1.03 bits per heavy atom. The van der Waals surface area contributed by atoms with E-state index in [0.717, 1.165) is 23.8 Å². The van der Waals surface area contributed by atoms with E-state index in [0.29, 0.717) is 42.2 Å². The van der Waals surface area contributed by atoms with Crippen LogP contribution < -0.4 is 10.2 Å². The maximum absolute atomic E-state index is 14.7. The average Bonchev–Trinajstić information content (AvgIpc) is 3.09. The van der Waals surface area contributed by atoms with Crippen LogP contribution in [0.3, 0.4) is 0 Å². The van der Waals surface area contributed by atoms with E-state index in [2.05, 4.69) is 5.32 Å². The second kappa shape index (κ2) is 9.16. The Labute approximate surface area is 209 Å². The molecule has 1 atom stereocenters. The molecule has 0 bridgehead atoms. The standard InChI is InChI=1S/C27H22ClF5N2O/c28-18-8-9-22-20(15-18)26(10-12-34-13-11-26)23(14-16-4-6-17(7-5-16)27(31,32)33)35(22)25(36)19-2-1-3-21(29)24(19)30/h1-9,15,23,34H,10-14H2/t23-/m1/s1. The molecule has 3 nitrogen and oxygen atoms in total. The van der Waals surface area contributed by atoms with E-state index in [4.69, 9.17) is 11.6 Å². The van der Waals surface area contributed by atoms with Crippen molar-refractivity contribution in [2.24, 2.45) is 0 Å². The lowest BCUT2D eigenvalue weighted by molar-refractivity contribution is -0.137. The Morgan fingerprint density at radius 2 is 1.72 bits per heavy atom. The zero-order valence-electron chi connectivity index (χ0n) is 19.0. The highest BCUT2D eigenvalue weighted by Crippen LogP contribution is 2.52. The lowest BCUT2D eigenvalue weighted by atomic mass is 9.68. The molecule has 0 aliphatic carbocycles. The summed E-state index contributed by atoms with van der Waals surface area (Å²) in [6, 6.07) is 12.9. The summed E-state index contributed by atoms with van der Waals surface area (Å²) in [6.07, 6.45) is -2.96. The molecule has 0 saturated carbocycles. The first-order chi connectivity index (χ1) is 17.1. The summed E-state index contributed by atoms with van der Waals surface area (Å²) in [5.74, 6) is -3.08. The summed E-state index contributed by atoms with van der Waals surface area (Å²) in [5, 5.41) is 3.79. The van der Waals surface area contributed by atoms with E-state index in [1.54, 1.807) is 18.2 Å². The number of anilines is 1. The minimum Gasteiger partial charge on any atom is -0.317 e. The molecular formula is C27H22ClF5N2O. The van der Waals surface area contributed by atoms with Crippen molar-refractivity contribution >= 4 is 23.2 Å². The van der Waals surface area contributed by atoms with Crippen molar-refractivity contribution in [3.05, 3.63) is 99.6 Å². The Balaban J connectivity index is 1.64. The van der Waals surface area contributed by atoms with Gasteiger partial charge in [-0.2, -0.15) is 13.2 Å². The van der Waals surface area contributed by atoms with Crippen LogP contribution in [0, 0.1) is 11.6 Å². The van der Waals surface area contributed by atoms with Crippen LogP contribution in [0.25, 0.3) is 0 Å². The second-order valence-corrected chi connectivity index (χ2v) is 9.70. The van der Waals surface area contributed by atoms with Crippen LogP contribution in [0.1, 0.15) is 39.9 Å². The largest absolute Gasteiger partial charge is 0.416 e. The minimum absolute atomic E-state index is 0.229. The van der Waals surface area contributed by atoms with Crippen molar-refractivity contribution in [3.8, 4) is 0 Å². The molecule has 1 N–H and O–H groups in total. The maximum atomic E-state index is 14.7. The van der Waals surface area contributed by atoms with E-state index in [-0.39, 0.29) is 6.42 Å². The molecule has 3 aromatic carbocycles. The van der Waals surface area contributed by atoms with Gasteiger partial charge >= 0.3 is 6.18 Å². The normalized spacial score (nSPS) is 18.9. The fourth-order valence-electron chi connectivity index (χ4n) is 5.58. The predicted molar refractivity (Wildman–Crippen MR) is 127 cm³/mol. The predicted octanol–water partition coefficient (Wildman–Crippen LogP) is 6.53. The lowest BCUT2D eigenvalue weighted by Crippen LogP contribution is -2.53. The Hall–Kier alpha value is -2.97. The third-order valence-electron chi connectivity index (χ3n) is 7.31. The number of amides is 1. The third-order valence-corrected chi connectivity index (χ3v) is 7.55. The number of hydrogen-bond donors (Lipinski definition) is 1. The Morgan fingerprint density at radius 3 is 2.39 bits per heavy atom. The van der Waals surface area contributed by atoms with E-state index in [1.807, 2.05) is 0 Å². The van der Waals surface area contributed by atoms with Gasteiger partial charge in [0.1, 0.15) is 0 Å². The zero-order valence-corrected chi connectivity index (χ0v) is 19.8. The summed E-state index contributed by atoms with van der Waals surface area (Å²) < 4.78 is 68.1. The first-order valence-electron chi connectivity index (χ1n) is 11.6. The van der Waals surface area contributed by atoms with Gasteiger partial charge in [0.15, 0.2) is 11.6 Å². The van der Waals surface area contributed by atoms with Gasteiger partial charge in [-0.3, -0.25) is 4.79 Å². The van der Waals surface area contributed by atoms with Gasteiger partial charge in [0, 0.05) is 16.1 Å². The van der Waals surface area contributed by atoms with Crippen LogP contribution in [0.2, 0.25) is 5.02 Å². The fourth-order valence-corrected chi connectivity index (χ4v) is 5.75. The van der Waals surface area contributed by atoms with E-state index in [1.165, 1.54) is 29.2 Å². The first kappa shape index (κ1) is 24.7. The first-order valence-corrected chi connectivity index (χ1v) is 11.9. The molecule has 5 rings (SSSR count). The van der Waals surface area contributed by atoms with Gasteiger partial charge in [0.05, 0.1) is 17.2 Å². The topological polar surface area (TPSA) is 32.3 Å². The number of nitrogens with zero attached hydrogens (tertiary/aromatic N) is 1. The van der Waals surface area contributed by atoms with Crippen LogP contribution >= 0.6 is 11.6 Å². The van der Waals surface area contributed by atoms with Gasteiger partial charge in [-0.25, -0.2) is 8.78 Å².